The Kier molecular flexibility index (Phi) is 15.4. The molecular weight excluding hydrogens is 790 g/mol. The Hall–Kier alpha value is -2.51. The predicted octanol–water partition coefficient (Wildman–Crippen LogP) is -1.37. The molecule has 7 atom stereocenters. The van der Waals surface area contributed by atoms with Crippen LogP contribution >= 0.6 is 35.2 Å². The van der Waals surface area contributed by atoms with E-state index in [1.807, 2.05) is 0 Å². The molecule has 1 aliphatic rings. The van der Waals surface area contributed by atoms with E-state index in [2.05, 4.69) is 34.4 Å². The quantitative estimate of drug-likeness (QED) is 0.0549. The number of aliphatic hydroxyl groups excluding tert-OH is 2. The molecule has 0 spiro atoms. The van der Waals surface area contributed by atoms with Crippen molar-refractivity contribution < 1.29 is 84.9 Å². The number of phosphoric ester groups is 3. The number of imidazole rings is 1. The van der Waals surface area contributed by atoms with Gasteiger partial charge in [0, 0.05) is 30.7 Å². The molecule has 1 fully saturated rings. The highest BCUT2D eigenvalue weighted by Crippen LogP contribution is 2.61. The second kappa shape index (κ2) is 18.2. The number of hydrogen-bond donors (Lipinski definition) is 9. The number of aliphatic hydroxyl groups is 2. The molecule has 2 unspecified atom stereocenters. The van der Waals surface area contributed by atoms with Crippen LogP contribution in [0.3, 0.4) is 0 Å². The maximum absolute atomic E-state index is 12.6. The van der Waals surface area contributed by atoms with Gasteiger partial charge < -0.3 is 50.9 Å². The highest BCUT2D eigenvalue weighted by atomic mass is 32.2. The Bertz CT molecular complexity index is 1730. The van der Waals surface area contributed by atoms with Gasteiger partial charge in [-0.1, -0.05) is 25.6 Å². The molecular formula is C23H37FN7O17P3S. The average Bonchev–Trinajstić information content (AvgIpc) is 3.60. The Balaban J connectivity index is 1.54. The Morgan fingerprint density at radius 2 is 1.77 bits per heavy atom. The molecule has 29 heteroatoms. The Morgan fingerprint density at radius 3 is 2.42 bits per heavy atom. The van der Waals surface area contributed by atoms with Crippen LogP contribution in [0.2, 0.25) is 0 Å². The first-order valence-corrected chi connectivity index (χ1v) is 20.2. The molecule has 294 valence electrons. The highest BCUT2D eigenvalue weighted by Gasteiger charge is 2.50. The Labute approximate surface area is 297 Å². The monoisotopic (exact) mass is 827 g/mol. The van der Waals surface area contributed by atoms with Gasteiger partial charge in [0.1, 0.15) is 36.3 Å². The van der Waals surface area contributed by atoms with Crippen molar-refractivity contribution in [1.29, 1.82) is 0 Å². The number of carbonyl (C=O) groups is 3. The summed E-state index contributed by atoms with van der Waals surface area (Å²) < 4.78 is 73.9. The van der Waals surface area contributed by atoms with Gasteiger partial charge in [0.2, 0.25) is 16.9 Å². The van der Waals surface area contributed by atoms with Gasteiger partial charge in [-0.15, -0.1) is 0 Å². The van der Waals surface area contributed by atoms with Crippen molar-refractivity contribution in [2.24, 2.45) is 5.41 Å². The lowest BCUT2D eigenvalue weighted by Gasteiger charge is -2.30. The van der Waals surface area contributed by atoms with Crippen molar-refractivity contribution in [2.75, 3.05) is 44.5 Å². The third-order valence-corrected chi connectivity index (χ3v) is 10.8. The Morgan fingerprint density at radius 1 is 1.10 bits per heavy atom. The molecule has 1 saturated heterocycles. The fourth-order valence-corrected chi connectivity index (χ4v) is 7.67. The van der Waals surface area contributed by atoms with Crippen LogP contribution in [0.25, 0.3) is 11.2 Å². The average molecular weight is 828 g/mol. The van der Waals surface area contributed by atoms with E-state index in [9.17, 15) is 62.3 Å². The molecule has 3 heterocycles. The van der Waals surface area contributed by atoms with E-state index < -0.39 is 96.3 Å². The summed E-state index contributed by atoms with van der Waals surface area (Å²) in [6, 6.07) is 0. The van der Waals surface area contributed by atoms with Crippen molar-refractivity contribution in [3.05, 3.63) is 12.7 Å². The molecule has 0 bridgehead atoms. The molecule has 52 heavy (non-hydrogen) atoms. The van der Waals surface area contributed by atoms with Crippen LogP contribution in [0.15, 0.2) is 12.7 Å². The van der Waals surface area contributed by atoms with E-state index in [1.54, 1.807) is 0 Å². The van der Waals surface area contributed by atoms with Crippen molar-refractivity contribution in [3.8, 4) is 0 Å². The SMILES string of the molecule is CC(C)(COP(=O)(O)OP(=O)(O)OC[C@H]1O[C@@H](n2cnc3c(N)ncnc32)[C@H](O)[C@@H]1OP(=O)(O)O)[C@H](O)C(=O)NCCC(=O)NCCSC(=O)CF. The number of ether oxygens (including phenoxy) is 1. The number of halogens is 1. The number of rotatable bonds is 20. The minimum absolute atomic E-state index is 0.0224. The largest absolute Gasteiger partial charge is 0.481 e. The van der Waals surface area contributed by atoms with Crippen molar-refractivity contribution in [1.82, 2.24) is 30.2 Å². The molecule has 24 nitrogen and oxygen atoms in total. The number of anilines is 1. The number of nitrogen functional groups attached to an aromatic ring is 1. The molecule has 1 aliphatic heterocycles. The molecule has 0 aromatic carbocycles. The molecule has 3 rings (SSSR count). The summed E-state index contributed by atoms with van der Waals surface area (Å²) in [5, 5.41) is 25.3. The summed E-state index contributed by atoms with van der Waals surface area (Å²) in [6.45, 7) is -0.928. The van der Waals surface area contributed by atoms with Crippen LogP contribution < -0.4 is 16.4 Å². The molecule has 2 aromatic heterocycles. The number of nitrogens with zero attached hydrogens (tertiary/aromatic N) is 4. The van der Waals surface area contributed by atoms with Crippen LogP contribution in [0.4, 0.5) is 10.2 Å². The lowest BCUT2D eigenvalue weighted by Crippen LogP contribution is -2.46. The van der Waals surface area contributed by atoms with Gasteiger partial charge in [-0.25, -0.2) is 33.0 Å². The van der Waals surface area contributed by atoms with Gasteiger partial charge in [-0.2, -0.15) is 4.31 Å². The van der Waals surface area contributed by atoms with Crippen molar-refractivity contribution in [3.63, 3.8) is 0 Å². The van der Waals surface area contributed by atoms with Gasteiger partial charge in [0.15, 0.2) is 24.4 Å². The number of phosphoric acid groups is 3. The standard InChI is InChI=1S/C23H37FN7O17P3S/c1-23(2,18(35)21(36)27-4-3-13(32)26-5-6-52-14(33)7-24)9-45-51(42,43)48-50(40,41)44-8-12-17(47-49(37,38)39)16(34)22(46-12)31-11-30-15-19(25)28-10-29-20(15)31/h10-12,16-18,22,34-35H,3-9H2,1-2H3,(H,26,32)(H,27,36)(H,40,41)(H,42,43)(H2,25,28,29)(H2,37,38,39)/t12-,16-,17-,18-,22-/m1/s1. The molecule has 2 amide bonds. The minimum Gasteiger partial charge on any atom is -0.386 e. The number of nitrogens with one attached hydrogen (secondary N) is 2. The fraction of sp³-hybridized carbons (Fsp3) is 0.652. The zero-order chi connectivity index (χ0) is 39.1. The zero-order valence-electron chi connectivity index (χ0n) is 27.2. The molecule has 10 N–H and O–H groups in total. The van der Waals surface area contributed by atoms with Gasteiger partial charge >= 0.3 is 23.5 Å². The highest BCUT2D eigenvalue weighted by molar-refractivity contribution is 8.13. The van der Waals surface area contributed by atoms with Crippen LogP contribution in [-0.2, 0) is 50.7 Å². The van der Waals surface area contributed by atoms with E-state index in [4.69, 9.17) is 19.5 Å². The summed E-state index contributed by atoms with van der Waals surface area (Å²) in [7, 11) is -16.4. The topological polar surface area (TPSA) is 364 Å². The first-order chi connectivity index (χ1) is 24.1. The summed E-state index contributed by atoms with van der Waals surface area (Å²) >= 11 is 0.695. The number of amides is 2. The van der Waals surface area contributed by atoms with Crippen molar-refractivity contribution >= 4 is 69.1 Å². The molecule has 0 radical (unpaired) electrons. The number of thioether (sulfide) groups is 1. The number of hydrogen-bond acceptors (Lipinski definition) is 18. The second-order valence-electron chi connectivity index (χ2n) is 11.4. The van der Waals surface area contributed by atoms with Crippen molar-refractivity contribution in [2.45, 2.75) is 50.9 Å². The van der Waals surface area contributed by atoms with Crippen LogP contribution in [0.1, 0.15) is 26.5 Å². The molecule has 0 aliphatic carbocycles. The summed E-state index contributed by atoms with van der Waals surface area (Å²) in [4.78, 5) is 85.9. The van der Waals surface area contributed by atoms with Crippen LogP contribution in [0, 0.1) is 5.41 Å². The maximum atomic E-state index is 12.6. The zero-order valence-corrected chi connectivity index (χ0v) is 30.7. The summed E-state index contributed by atoms with van der Waals surface area (Å²) in [5.41, 5.74) is 4.21. The number of alkyl halides is 1. The summed E-state index contributed by atoms with van der Waals surface area (Å²) in [6.07, 6.45) is -7.05. The van der Waals surface area contributed by atoms with E-state index >= 15 is 0 Å². The van der Waals surface area contributed by atoms with Gasteiger partial charge in [0.25, 0.3) is 0 Å². The van der Waals surface area contributed by atoms with E-state index in [-0.39, 0.29) is 42.2 Å². The lowest BCUT2D eigenvalue weighted by molar-refractivity contribution is -0.137. The van der Waals surface area contributed by atoms with E-state index in [0.717, 1.165) is 17.2 Å². The van der Waals surface area contributed by atoms with Gasteiger partial charge in [-0.05, 0) is 0 Å². The predicted molar refractivity (Wildman–Crippen MR) is 173 cm³/mol. The number of nitrogens with two attached hydrogens (primary N) is 1. The number of fused-ring (bicyclic) bond motifs is 1. The lowest BCUT2D eigenvalue weighted by atomic mass is 9.87. The van der Waals surface area contributed by atoms with E-state index in [0.29, 0.717) is 11.8 Å². The third-order valence-electron chi connectivity index (χ3n) is 6.87. The van der Waals surface area contributed by atoms with Crippen LogP contribution in [0.5, 0.6) is 0 Å². The summed E-state index contributed by atoms with van der Waals surface area (Å²) in [5.74, 6) is -1.45. The van der Waals surface area contributed by atoms with Gasteiger partial charge in [0.05, 0.1) is 19.5 Å². The number of carbonyl (C=O) groups excluding carboxylic acids is 3. The van der Waals surface area contributed by atoms with Gasteiger partial charge in [-0.3, -0.25) is 32.5 Å². The minimum atomic E-state index is -5.58. The normalized spacial score (nSPS) is 22.4. The molecule has 2 aromatic rings. The number of aromatic nitrogens is 4. The maximum Gasteiger partial charge on any atom is 0.481 e. The second-order valence-corrected chi connectivity index (χ2v) is 16.8. The van der Waals surface area contributed by atoms with E-state index in [1.165, 1.54) is 13.8 Å². The first-order valence-electron chi connectivity index (χ1n) is 14.7. The smallest absolute Gasteiger partial charge is 0.386 e. The first kappa shape index (κ1) is 43.9. The molecule has 0 saturated carbocycles. The third kappa shape index (κ3) is 12.8. The van der Waals surface area contributed by atoms with Crippen LogP contribution in [-0.4, -0.2) is 129 Å². The fourth-order valence-electron chi connectivity index (χ4n) is 4.33.